The Bertz CT molecular complexity index is 1040. The molecule has 2 aromatic carbocycles. The van der Waals surface area contributed by atoms with Crippen LogP contribution < -0.4 is 0 Å². The van der Waals surface area contributed by atoms with E-state index in [1.165, 1.54) is 5.56 Å². The first-order valence-electron chi connectivity index (χ1n) is 10.7. The molecule has 4 rings (SSSR count). The molecule has 0 fully saturated rings. The Balaban J connectivity index is 1.46. The van der Waals surface area contributed by atoms with E-state index >= 15 is 0 Å². The Morgan fingerprint density at radius 1 is 1.00 bits per heavy atom. The second kappa shape index (κ2) is 9.56. The number of fused-ring (bicyclic) bond motifs is 1. The Hall–Kier alpha value is -3.47. The van der Waals surface area contributed by atoms with Crippen LogP contribution >= 0.6 is 0 Å². The molecule has 2 heterocycles. The lowest BCUT2D eigenvalue weighted by Crippen LogP contribution is -2.44. The van der Waals surface area contributed by atoms with E-state index in [4.69, 9.17) is 0 Å². The average Bonchev–Trinajstić information content (AvgIpc) is 3.12. The van der Waals surface area contributed by atoms with Crippen molar-refractivity contribution >= 4 is 11.8 Å². The molecule has 0 radical (unpaired) electrons. The fourth-order valence-electron chi connectivity index (χ4n) is 4.05. The summed E-state index contributed by atoms with van der Waals surface area (Å²) in [6.07, 6.45) is 5.24. The Morgan fingerprint density at radius 3 is 2.45 bits per heavy atom. The van der Waals surface area contributed by atoms with Crippen molar-refractivity contribution in [1.82, 2.24) is 14.8 Å². The van der Waals surface area contributed by atoms with Crippen molar-refractivity contribution in [3.8, 4) is 0 Å². The molecule has 0 spiro atoms. The highest BCUT2D eigenvalue weighted by Gasteiger charge is 2.30. The van der Waals surface area contributed by atoms with Gasteiger partial charge in [0.05, 0.1) is 0 Å². The average molecular weight is 414 g/mol. The SMILES string of the molecule is C[C@@H](CCc1ccccc1)N(Cc1ccncc1)C(=O)CN1Cc2ccccc2C1=O. The lowest BCUT2D eigenvalue weighted by atomic mass is 10.0. The van der Waals surface area contributed by atoms with Crippen molar-refractivity contribution in [3.63, 3.8) is 0 Å². The van der Waals surface area contributed by atoms with Crippen LogP contribution in [-0.4, -0.2) is 39.2 Å². The number of pyridine rings is 1. The van der Waals surface area contributed by atoms with Crippen LogP contribution in [0.1, 0.15) is 40.4 Å². The lowest BCUT2D eigenvalue weighted by molar-refractivity contribution is -0.134. The molecule has 0 saturated carbocycles. The van der Waals surface area contributed by atoms with Crippen LogP contribution in [0.25, 0.3) is 0 Å². The van der Waals surface area contributed by atoms with Gasteiger partial charge in [-0.15, -0.1) is 0 Å². The Kier molecular flexibility index (Phi) is 6.41. The molecular weight excluding hydrogens is 386 g/mol. The quantitative estimate of drug-likeness (QED) is 0.559. The van der Waals surface area contributed by atoms with Crippen LogP contribution in [0.5, 0.6) is 0 Å². The second-order valence-electron chi connectivity index (χ2n) is 8.07. The topological polar surface area (TPSA) is 53.5 Å². The van der Waals surface area contributed by atoms with Crippen molar-refractivity contribution in [2.75, 3.05) is 6.54 Å². The number of benzene rings is 2. The number of aromatic nitrogens is 1. The molecule has 0 saturated heterocycles. The molecule has 5 nitrogen and oxygen atoms in total. The van der Waals surface area contributed by atoms with E-state index in [0.29, 0.717) is 18.7 Å². The highest BCUT2D eigenvalue weighted by molar-refractivity contribution is 6.00. The highest BCUT2D eigenvalue weighted by atomic mass is 16.2. The number of hydrogen-bond acceptors (Lipinski definition) is 3. The van der Waals surface area contributed by atoms with Gasteiger partial charge in [0.1, 0.15) is 6.54 Å². The Morgan fingerprint density at radius 2 is 1.71 bits per heavy atom. The first-order valence-corrected chi connectivity index (χ1v) is 10.7. The fourth-order valence-corrected chi connectivity index (χ4v) is 4.05. The molecule has 158 valence electrons. The molecule has 0 aliphatic carbocycles. The minimum atomic E-state index is -0.0650. The third-order valence-corrected chi connectivity index (χ3v) is 5.87. The first-order chi connectivity index (χ1) is 15.1. The summed E-state index contributed by atoms with van der Waals surface area (Å²) in [5.41, 5.74) is 3.98. The van der Waals surface area contributed by atoms with Crippen LogP contribution in [0.2, 0.25) is 0 Å². The van der Waals surface area contributed by atoms with E-state index in [2.05, 4.69) is 24.0 Å². The zero-order valence-corrected chi connectivity index (χ0v) is 17.8. The minimum Gasteiger partial charge on any atom is -0.334 e. The van der Waals surface area contributed by atoms with Gasteiger partial charge >= 0.3 is 0 Å². The molecule has 1 aliphatic heterocycles. The first kappa shape index (κ1) is 20.8. The molecule has 0 bridgehead atoms. The van der Waals surface area contributed by atoms with Crippen molar-refractivity contribution in [2.24, 2.45) is 0 Å². The molecular formula is C26H27N3O2. The van der Waals surface area contributed by atoms with Crippen molar-refractivity contribution in [2.45, 2.75) is 38.9 Å². The smallest absolute Gasteiger partial charge is 0.254 e. The maximum absolute atomic E-state index is 13.4. The molecule has 1 atom stereocenters. The van der Waals surface area contributed by atoms with E-state index in [1.807, 2.05) is 59.5 Å². The van der Waals surface area contributed by atoms with Crippen LogP contribution in [0.3, 0.4) is 0 Å². The standard InChI is InChI=1S/C26H27N3O2/c1-20(11-12-21-7-3-2-4-8-21)29(17-22-13-15-27-16-14-22)25(30)19-28-18-23-9-5-6-10-24(23)26(28)31/h2-10,13-16,20H,11-12,17-19H2,1H3/t20-/m0/s1. The number of hydrogen-bond donors (Lipinski definition) is 0. The minimum absolute atomic E-state index is 0.0291. The predicted molar refractivity (Wildman–Crippen MR) is 120 cm³/mol. The van der Waals surface area contributed by atoms with Crippen molar-refractivity contribution in [1.29, 1.82) is 0 Å². The van der Waals surface area contributed by atoms with E-state index in [1.54, 1.807) is 17.3 Å². The van der Waals surface area contributed by atoms with Gasteiger partial charge in [0, 0.05) is 37.1 Å². The zero-order valence-electron chi connectivity index (χ0n) is 17.8. The number of carbonyl (C=O) groups is 2. The molecule has 2 amide bonds. The normalized spacial score (nSPS) is 13.7. The van der Waals surface area contributed by atoms with E-state index in [9.17, 15) is 9.59 Å². The number of nitrogens with zero attached hydrogens (tertiary/aromatic N) is 3. The van der Waals surface area contributed by atoms with E-state index < -0.39 is 0 Å². The summed E-state index contributed by atoms with van der Waals surface area (Å²) in [5, 5.41) is 0. The molecule has 3 aromatic rings. The largest absolute Gasteiger partial charge is 0.334 e. The van der Waals surface area contributed by atoms with Gasteiger partial charge in [0.25, 0.3) is 5.91 Å². The molecule has 5 heteroatoms. The van der Waals surface area contributed by atoms with Crippen LogP contribution in [0.15, 0.2) is 79.1 Å². The summed E-state index contributed by atoms with van der Waals surface area (Å²) in [6, 6.07) is 21.8. The number of carbonyl (C=O) groups excluding carboxylic acids is 2. The number of aryl methyl sites for hydroxylation is 1. The number of amides is 2. The maximum Gasteiger partial charge on any atom is 0.254 e. The van der Waals surface area contributed by atoms with Gasteiger partial charge in [-0.1, -0.05) is 48.5 Å². The van der Waals surface area contributed by atoms with Crippen LogP contribution in [0, 0.1) is 0 Å². The number of rotatable bonds is 8. The predicted octanol–water partition coefficient (Wildman–Crippen LogP) is 4.09. The third-order valence-electron chi connectivity index (χ3n) is 5.87. The van der Waals surface area contributed by atoms with Crippen molar-refractivity contribution < 1.29 is 9.59 Å². The van der Waals surface area contributed by atoms with Gasteiger partial charge in [-0.05, 0) is 54.7 Å². The van der Waals surface area contributed by atoms with Gasteiger partial charge in [-0.3, -0.25) is 14.6 Å². The van der Waals surface area contributed by atoms with E-state index in [-0.39, 0.29) is 24.4 Å². The summed E-state index contributed by atoms with van der Waals surface area (Å²) >= 11 is 0. The van der Waals surface area contributed by atoms with E-state index in [0.717, 1.165) is 24.0 Å². The lowest BCUT2D eigenvalue weighted by Gasteiger charge is -2.31. The summed E-state index contributed by atoms with van der Waals surface area (Å²) in [4.78, 5) is 33.7. The highest BCUT2D eigenvalue weighted by Crippen LogP contribution is 2.23. The zero-order chi connectivity index (χ0) is 21.6. The second-order valence-corrected chi connectivity index (χ2v) is 8.07. The summed E-state index contributed by atoms with van der Waals surface area (Å²) < 4.78 is 0. The molecule has 1 aromatic heterocycles. The monoisotopic (exact) mass is 413 g/mol. The maximum atomic E-state index is 13.4. The molecule has 0 N–H and O–H groups in total. The summed E-state index contributed by atoms with van der Waals surface area (Å²) in [5.74, 6) is -0.0942. The van der Waals surface area contributed by atoms with Crippen LogP contribution in [-0.2, 0) is 24.3 Å². The Labute approximate surface area is 183 Å². The van der Waals surface area contributed by atoms with Gasteiger partial charge in [-0.2, -0.15) is 0 Å². The fraction of sp³-hybridized carbons (Fsp3) is 0.269. The van der Waals surface area contributed by atoms with Crippen LogP contribution in [0.4, 0.5) is 0 Å². The molecule has 1 aliphatic rings. The summed E-state index contributed by atoms with van der Waals surface area (Å²) in [6.45, 7) is 3.17. The van der Waals surface area contributed by atoms with Gasteiger partial charge in [0.2, 0.25) is 5.91 Å². The van der Waals surface area contributed by atoms with Gasteiger partial charge < -0.3 is 9.80 Å². The van der Waals surface area contributed by atoms with Gasteiger partial charge in [-0.25, -0.2) is 0 Å². The summed E-state index contributed by atoms with van der Waals surface area (Å²) in [7, 11) is 0. The van der Waals surface area contributed by atoms with Crippen molar-refractivity contribution in [3.05, 3.63) is 101 Å². The van der Waals surface area contributed by atoms with Gasteiger partial charge in [0.15, 0.2) is 0 Å². The molecule has 0 unspecified atom stereocenters. The molecule has 31 heavy (non-hydrogen) atoms. The third kappa shape index (κ3) is 5.00.